The minimum absolute atomic E-state index is 0.0223. The summed E-state index contributed by atoms with van der Waals surface area (Å²) in [7, 11) is -1.75. The zero-order chi connectivity index (χ0) is 18.7. The Hall–Kier alpha value is -1.51. The minimum Gasteiger partial charge on any atom is -0.380 e. The molecule has 1 aliphatic carbocycles. The van der Waals surface area contributed by atoms with Gasteiger partial charge in [0.25, 0.3) is 0 Å². The molecule has 144 valence electrons. The number of carbonyl (C=O) groups is 1. The summed E-state index contributed by atoms with van der Waals surface area (Å²) in [5.41, 5.74) is 2.16. The summed E-state index contributed by atoms with van der Waals surface area (Å²) in [5.74, 6) is -0.0482. The molecule has 0 unspecified atom stereocenters. The summed E-state index contributed by atoms with van der Waals surface area (Å²) in [6, 6.07) is 3.56. The highest BCUT2D eigenvalue weighted by Crippen LogP contribution is 2.30. The number of amides is 1. The van der Waals surface area contributed by atoms with Crippen LogP contribution in [-0.4, -0.2) is 55.8 Å². The molecule has 1 aliphatic heterocycles. The molecule has 1 aromatic rings. The molecule has 0 saturated heterocycles. The number of rotatable bonds is 5. The molecule has 0 bridgehead atoms. The van der Waals surface area contributed by atoms with E-state index >= 15 is 0 Å². The smallest absolute Gasteiger partial charge is 0.226 e. The standard InChI is InChI=1S/C18H27N3O4S/c1-3-26(23,24)20-16-11-13(6-7-17(16)25-2)18(22)21-10-8-15-14(12-21)5-4-9-19-15/h4-5,9,13,16-17,20H,3,6-8,10-12H2,1-2H3/t13-,16+,17+/m0/s1. The van der Waals surface area contributed by atoms with Gasteiger partial charge in [0.05, 0.1) is 11.9 Å². The van der Waals surface area contributed by atoms with Gasteiger partial charge in [-0.25, -0.2) is 13.1 Å². The van der Waals surface area contributed by atoms with Gasteiger partial charge in [-0.1, -0.05) is 6.07 Å². The van der Waals surface area contributed by atoms with Crippen LogP contribution in [0, 0.1) is 5.92 Å². The van der Waals surface area contributed by atoms with Gasteiger partial charge in [-0.05, 0) is 37.8 Å². The van der Waals surface area contributed by atoms with Crippen molar-refractivity contribution in [2.24, 2.45) is 5.92 Å². The highest BCUT2D eigenvalue weighted by atomic mass is 32.2. The third-order valence-corrected chi connectivity index (χ3v) is 6.85. The number of sulfonamides is 1. The molecule has 2 aliphatic rings. The molecule has 0 aromatic carbocycles. The first kappa shape index (κ1) is 19.3. The Morgan fingerprint density at radius 2 is 2.23 bits per heavy atom. The van der Waals surface area contributed by atoms with Gasteiger partial charge in [-0.15, -0.1) is 0 Å². The number of hydrogen-bond acceptors (Lipinski definition) is 5. The van der Waals surface area contributed by atoms with Crippen molar-refractivity contribution >= 4 is 15.9 Å². The highest BCUT2D eigenvalue weighted by molar-refractivity contribution is 7.89. The van der Waals surface area contributed by atoms with E-state index in [0.717, 1.165) is 24.1 Å². The molecular formula is C18H27N3O4S. The fraction of sp³-hybridized carbons (Fsp3) is 0.667. The van der Waals surface area contributed by atoms with Gasteiger partial charge < -0.3 is 9.64 Å². The molecule has 0 radical (unpaired) electrons. The van der Waals surface area contributed by atoms with Gasteiger partial charge in [0.2, 0.25) is 15.9 Å². The largest absolute Gasteiger partial charge is 0.380 e. The molecule has 1 aromatic heterocycles. The maximum absolute atomic E-state index is 13.0. The molecule has 1 fully saturated rings. The number of carbonyl (C=O) groups excluding carboxylic acids is 1. The van der Waals surface area contributed by atoms with E-state index in [9.17, 15) is 13.2 Å². The number of methoxy groups -OCH3 is 1. The van der Waals surface area contributed by atoms with Crippen LogP contribution in [0.25, 0.3) is 0 Å². The Labute approximate surface area is 155 Å². The Morgan fingerprint density at radius 3 is 2.96 bits per heavy atom. The van der Waals surface area contributed by atoms with E-state index in [0.29, 0.717) is 25.9 Å². The van der Waals surface area contributed by atoms with Crippen LogP contribution >= 0.6 is 0 Å². The number of hydrogen-bond donors (Lipinski definition) is 1. The van der Waals surface area contributed by atoms with Crippen LogP contribution in [-0.2, 0) is 32.5 Å². The summed E-state index contributed by atoms with van der Waals surface area (Å²) >= 11 is 0. The van der Waals surface area contributed by atoms with Gasteiger partial charge >= 0.3 is 0 Å². The quantitative estimate of drug-likeness (QED) is 0.825. The van der Waals surface area contributed by atoms with Crippen molar-refractivity contribution in [3.05, 3.63) is 29.6 Å². The summed E-state index contributed by atoms with van der Waals surface area (Å²) in [6.07, 6.45) is 4.24. The van der Waals surface area contributed by atoms with Crippen molar-refractivity contribution in [3.63, 3.8) is 0 Å². The molecular weight excluding hydrogens is 354 g/mol. The molecule has 26 heavy (non-hydrogen) atoms. The lowest BCUT2D eigenvalue weighted by molar-refractivity contribution is -0.138. The van der Waals surface area contributed by atoms with Gasteiger partial charge in [0.15, 0.2) is 0 Å². The van der Waals surface area contributed by atoms with Gasteiger partial charge in [-0.2, -0.15) is 0 Å². The molecule has 3 rings (SSSR count). The number of ether oxygens (including phenoxy) is 1. The Bertz CT molecular complexity index is 753. The average Bonchev–Trinajstić information content (AvgIpc) is 2.66. The Kier molecular flexibility index (Phi) is 5.94. The molecule has 0 spiro atoms. The normalized spacial score (nSPS) is 26.4. The van der Waals surface area contributed by atoms with E-state index in [4.69, 9.17) is 4.74 Å². The lowest BCUT2D eigenvalue weighted by Crippen LogP contribution is -2.51. The van der Waals surface area contributed by atoms with Crippen LogP contribution in [0.3, 0.4) is 0 Å². The summed E-state index contributed by atoms with van der Waals surface area (Å²) in [5, 5.41) is 0. The molecule has 1 N–H and O–H groups in total. The van der Waals surface area contributed by atoms with Crippen molar-refractivity contribution in [2.75, 3.05) is 19.4 Å². The minimum atomic E-state index is -3.34. The molecule has 2 heterocycles. The van der Waals surface area contributed by atoms with Crippen molar-refractivity contribution in [1.29, 1.82) is 0 Å². The average molecular weight is 381 g/mol. The highest BCUT2D eigenvalue weighted by Gasteiger charge is 2.38. The third-order valence-electron chi connectivity index (χ3n) is 5.43. The number of fused-ring (bicyclic) bond motifs is 1. The Morgan fingerprint density at radius 1 is 1.42 bits per heavy atom. The molecule has 3 atom stereocenters. The number of nitrogens with zero attached hydrogens (tertiary/aromatic N) is 2. The number of pyridine rings is 1. The SMILES string of the molecule is CCS(=O)(=O)N[C@@H]1C[C@@H](C(=O)N2CCc3ncccc3C2)CC[C@H]1OC. The second-order valence-electron chi connectivity index (χ2n) is 7.03. The van der Waals surface area contributed by atoms with Crippen molar-refractivity contribution in [1.82, 2.24) is 14.6 Å². The second-order valence-corrected chi connectivity index (χ2v) is 9.07. The van der Waals surface area contributed by atoms with Crippen molar-refractivity contribution < 1.29 is 17.9 Å². The molecule has 7 nitrogen and oxygen atoms in total. The van der Waals surface area contributed by atoms with Crippen LogP contribution in [0.4, 0.5) is 0 Å². The van der Waals surface area contributed by atoms with Crippen LogP contribution < -0.4 is 4.72 Å². The van der Waals surface area contributed by atoms with E-state index < -0.39 is 10.0 Å². The molecule has 1 amide bonds. The maximum atomic E-state index is 13.0. The summed E-state index contributed by atoms with van der Waals surface area (Å²) in [6.45, 7) is 2.85. The first-order valence-corrected chi connectivity index (χ1v) is 10.8. The lowest BCUT2D eigenvalue weighted by atomic mass is 9.83. The summed E-state index contributed by atoms with van der Waals surface area (Å²) < 4.78 is 32.1. The first-order chi connectivity index (χ1) is 12.4. The fourth-order valence-corrected chi connectivity index (χ4v) is 4.78. The van der Waals surface area contributed by atoms with E-state index in [1.54, 1.807) is 20.2 Å². The van der Waals surface area contributed by atoms with Crippen molar-refractivity contribution in [3.8, 4) is 0 Å². The molecule has 1 saturated carbocycles. The van der Waals surface area contributed by atoms with E-state index in [2.05, 4.69) is 9.71 Å². The predicted octanol–water partition coefficient (Wildman–Crippen LogP) is 1.09. The van der Waals surface area contributed by atoms with Crippen LogP contribution in [0.5, 0.6) is 0 Å². The number of aromatic nitrogens is 1. The van der Waals surface area contributed by atoms with E-state index in [1.807, 2.05) is 17.0 Å². The summed E-state index contributed by atoms with van der Waals surface area (Å²) in [4.78, 5) is 19.3. The van der Waals surface area contributed by atoms with Gasteiger partial charge in [0.1, 0.15) is 0 Å². The third kappa shape index (κ3) is 4.24. The second kappa shape index (κ2) is 8.02. The van der Waals surface area contributed by atoms with Gasteiger partial charge in [0, 0.05) is 50.5 Å². The zero-order valence-corrected chi connectivity index (χ0v) is 16.2. The Balaban J connectivity index is 1.68. The fourth-order valence-electron chi connectivity index (χ4n) is 3.90. The molecule has 8 heteroatoms. The number of nitrogens with one attached hydrogen (secondary N) is 1. The van der Waals surface area contributed by atoms with Crippen LogP contribution in [0.1, 0.15) is 37.4 Å². The zero-order valence-electron chi connectivity index (χ0n) is 15.3. The first-order valence-electron chi connectivity index (χ1n) is 9.18. The monoisotopic (exact) mass is 381 g/mol. The van der Waals surface area contributed by atoms with Crippen LogP contribution in [0.15, 0.2) is 18.3 Å². The predicted molar refractivity (Wildman–Crippen MR) is 97.9 cm³/mol. The van der Waals surface area contributed by atoms with E-state index in [1.165, 1.54) is 0 Å². The topological polar surface area (TPSA) is 88.6 Å². The maximum Gasteiger partial charge on any atom is 0.226 e. The van der Waals surface area contributed by atoms with Crippen LogP contribution in [0.2, 0.25) is 0 Å². The van der Waals surface area contributed by atoms with Gasteiger partial charge in [-0.3, -0.25) is 9.78 Å². The lowest BCUT2D eigenvalue weighted by Gasteiger charge is -2.38. The van der Waals surface area contributed by atoms with E-state index in [-0.39, 0.29) is 29.7 Å². The van der Waals surface area contributed by atoms with Crippen molar-refractivity contribution in [2.45, 2.75) is 51.3 Å².